The van der Waals surface area contributed by atoms with Crippen LogP contribution >= 0.6 is 0 Å². The second kappa shape index (κ2) is 13.3. The highest BCUT2D eigenvalue weighted by molar-refractivity contribution is 6.18. The Morgan fingerprint density at radius 2 is 1.52 bits per heavy atom. The molecule has 1 atom stereocenters. The third kappa shape index (κ3) is 6.60. The molecule has 0 radical (unpaired) electrons. The molecule has 0 bridgehead atoms. The summed E-state index contributed by atoms with van der Waals surface area (Å²) in [5.41, 5.74) is -0.900. The third-order valence-electron chi connectivity index (χ3n) is 8.57. The van der Waals surface area contributed by atoms with Gasteiger partial charge in [-0.15, -0.1) is 0 Å². The lowest BCUT2D eigenvalue weighted by Crippen LogP contribution is -2.39. The highest BCUT2D eigenvalue weighted by Crippen LogP contribution is 2.64. The van der Waals surface area contributed by atoms with Crippen LogP contribution in [-0.2, 0) is 9.59 Å². The first-order valence-corrected chi connectivity index (χ1v) is 15.2. The van der Waals surface area contributed by atoms with Crippen LogP contribution in [0.25, 0.3) is 10.9 Å². The quantitative estimate of drug-likeness (QED) is 0.153. The van der Waals surface area contributed by atoms with Gasteiger partial charge in [-0.3, -0.25) is 14.6 Å². The molecule has 1 fully saturated rings. The maximum absolute atomic E-state index is 15.4. The Morgan fingerprint density at radius 1 is 0.870 bits per heavy atom. The molecule has 242 valence electrons. The van der Waals surface area contributed by atoms with E-state index in [1.165, 1.54) is 36.4 Å². The SMILES string of the molecule is CCN(CC)CCOc1cc2nccc(Oc3ccc(NC(=O)C4(C(=O)Nc5ccc(F)cc5)CC4(C)C)cc3F)c2cc1OC. The van der Waals surface area contributed by atoms with Gasteiger partial charge in [0.05, 0.1) is 12.6 Å². The Morgan fingerprint density at radius 3 is 2.13 bits per heavy atom. The van der Waals surface area contributed by atoms with Crippen molar-refractivity contribution in [1.29, 1.82) is 0 Å². The summed E-state index contributed by atoms with van der Waals surface area (Å²) in [6, 6.07) is 14.5. The van der Waals surface area contributed by atoms with Crippen LogP contribution in [0.3, 0.4) is 0 Å². The number of hydrogen-bond acceptors (Lipinski definition) is 7. The van der Waals surface area contributed by atoms with Crippen molar-refractivity contribution in [1.82, 2.24) is 9.88 Å². The monoisotopic (exact) mass is 632 g/mol. The number of pyridine rings is 1. The number of benzene rings is 3. The number of aromatic nitrogens is 1. The molecule has 2 N–H and O–H groups in total. The van der Waals surface area contributed by atoms with E-state index in [9.17, 15) is 14.0 Å². The summed E-state index contributed by atoms with van der Waals surface area (Å²) < 4.78 is 46.2. The average molecular weight is 633 g/mol. The van der Waals surface area contributed by atoms with E-state index in [1.54, 1.807) is 31.5 Å². The summed E-state index contributed by atoms with van der Waals surface area (Å²) >= 11 is 0. The topological polar surface area (TPSA) is 102 Å². The van der Waals surface area contributed by atoms with Crippen LogP contribution < -0.4 is 24.8 Å². The minimum atomic E-state index is -1.38. The van der Waals surface area contributed by atoms with Gasteiger partial charge in [-0.25, -0.2) is 8.78 Å². The molecule has 1 aliphatic carbocycles. The van der Waals surface area contributed by atoms with Gasteiger partial charge in [-0.2, -0.15) is 0 Å². The van der Waals surface area contributed by atoms with Crippen LogP contribution in [0.1, 0.15) is 34.1 Å². The zero-order valence-corrected chi connectivity index (χ0v) is 26.6. The first-order valence-electron chi connectivity index (χ1n) is 15.2. The van der Waals surface area contributed by atoms with Gasteiger partial charge in [0.1, 0.15) is 23.6 Å². The molecule has 0 saturated heterocycles. The first-order chi connectivity index (χ1) is 22.0. The fourth-order valence-corrected chi connectivity index (χ4v) is 5.60. The van der Waals surface area contributed by atoms with E-state index < -0.39 is 34.3 Å². The number of ether oxygens (including phenoxy) is 3. The zero-order valence-electron chi connectivity index (χ0n) is 26.6. The maximum atomic E-state index is 15.4. The molecule has 2 amide bonds. The van der Waals surface area contributed by atoms with Crippen LogP contribution in [0.5, 0.6) is 23.0 Å². The highest BCUT2D eigenvalue weighted by atomic mass is 19.1. The second-order valence-electron chi connectivity index (χ2n) is 11.8. The Bertz CT molecular complexity index is 1740. The third-order valence-corrected chi connectivity index (χ3v) is 8.57. The molecular formula is C35H38F2N4O5. The van der Waals surface area contributed by atoms with E-state index >= 15 is 4.39 Å². The van der Waals surface area contributed by atoms with Crippen molar-refractivity contribution < 1.29 is 32.6 Å². The van der Waals surface area contributed by atoms with Crippen molar-refractivity contribution in [3.63, 3.8) is 0 Å². The number of methoxy groups -OCH3 is 1. The summed E-state index contributed by atoms with van der Waals surface area (Å²) in [6.07, 6.45) is 1.86. The minimum Gasteiger partial charge on any atom is -0.493 e. The molecule has 1 aliphatic rings. The Labute approximate surface area is 266 Å². The number of nitrogens with zero attached hydrogens (tertiary/aromatic N) is 2. The summed E-state index contributed by atoms with van der Waals surface area (Å²) in [4.78, 5) is 33.4. The van der Waals surface area contributed by atoms with E-state index in [2.05, 4.69) is 34.4 Å². The van der Waals surface area contributed by atoms with E-state index in [-0.39, 0.29) is 11.4 Å². The van der Waals surface area contributed by atoms with Crippen LogP contribution in [0.2, 0.25) is 0 Å². The summed E-state index contributed by atoms with van der Waals surface area (Å²) in [5, 5.41) is 5.99. The molecule has 5 rings (SSSR count). The normalized spacial score (nSPS) is 16.6. The van der Waals surface area contributed by atoms with Gasteiger partial charge in [0.2, 0.25) is 11.8 Å². The highest BCUT2D eigenvalue weighted by Gasteiger charge is 2.71. The van der Waals surface area contributed by atoms with Crippen molar-refractivity contribution in [2.24, 2.45) is 10.8 Å². The molecule has 46 heavy (non-hydrogen) atoms. The molecule has 9 nitrogen and oxygen atoms in total. The van der Waals surface area contributed by atoms with Gasteiger partial charge in [-0.1, -0.05) is 27.7 Å². The molecule has 0 spiro atoms. The summed E-state index contributed by atoms with van der Waals surface area (Å²) in [7, 11) is 1.54. The standard InChI is InChI=1S/C35H38F2N4O5/c1-6-41(7-2)16-17-45-31-20-27-25(19-30(31)44-5)28(14-15-38-27)46-29-13-12-24(18-26(29)37)40-33(43)35(21-34(35,3)4)32(42)39-23-10-8-22(36)9-11-23/h8-15,18-20H,6-7,16-17,21H2,1-5H3,(H,39,42)(H,40,43). The van der Waals surface area contributed by atoms with Gasteiger partial charge >= 0.3 is 0 Å². The van der Waals surface area contributed by atoms with Crippen molar-refractivity contribution in [3.05, 3.63) is 78.5 Å². The smallest absolute Gasteiger partial charge is 0.240 e. The van der Waals surface area contributed by atoms with Crippen LogP contribution in [0.15, 0.2) is 66.9 Å². The molecule has 1 saturated carbocycles. The maximum Gasteiger partial charge on any atom is 0.240 e. The Kier molecular flexibility index (Phi) is 9.43. The van der Waals surface area contributed by atoms with Crippen LogP contribution in [0, 0.1) is 22.5 Å². The molecule has 1 aromatic heterocycles. The van der Waals surface area contributed by atoms with E-state index in [0.29, 0.717) is 46.9 Å². The summed E-state index contributed by atoms with van der Waals surface area (Å²) in [5.74, 6) is -0.920. The van der Waals surface area contributed by atoms with Crippen LogP contribution in [0.4, 0.5) is 20.2 Å². The van der Waals surface area contributed by atoms with Gasteiger partial charge in [0.25, 0.3) is 0 Å². The molecule has 4 aromatic rings. The summed E-state index contributed by atoms with van der Waals surface area (Å²) in [6.45, 7) is 10.9. The number of fused-ring (bicyclic) bond motifs is 1. The van der Waals surface area contributed by atoms with Crippen molar-refractivity contribution in [2.45, 2.75) is 34.1 Å². The molecule has 3 aromatic carbocycles. The number of hydrogen-bond donors (Lipinski definition) is 2. The Balaban J connectivity index is 1.30. The molecule has 1 heterocycles. The van der Waals surface area contributed by atoms with E-state index in [4.69, 9.17) is 14.2 Å². The van der Waals surface area contributed by atoms with Crippen molar-refractivity contribution in [3.8, 4) is 23.0 Å². The average Bonchev–Trinajstić information content (AvgIpc) is 3.64. The van der Waals surface area contributed by atoms with Gasteiger partial charge in [0, 0.05) is 41.6 Å². The fourth-order valence-electron chi connectivity index (χ4n) is 5.60. The number of rotatable bonds is 13. The fraction of sp³-hybridized carbons (Fsp3) is 0.343. The van der Waals surface area contributed by atoms with E-state index in [0.717, 1.165) is 25.7 Å². The van der Waals surface area contributed by atoms with Gasteiger partial charge in [-0.05, 0) is 73.5 Å². The lowest BCUT2D eigenvalue weighted by Gasteiger charge is -2.20. The lowest BCUT2D eigenvalue weighted by molar-refractivity contribution is -0.132. The molecule has 0 aliphatic heterocycles. The minimum absolute atomic E-state index is 0.0699. The number of likely N-dealkylation sites (N-methyl/N-ethyl adjacent to an activating group) is 1. The van der Waals surface area contributed by atoms with E-state index in [1.807, 2.05) is 13.8 Å². The second-order valence-corrected chi connectivity index (χ2v) is 11.8. The number of carbonyl (C=O) groups excluding carboxylic acids is 2. The predicted octanol–water partition coefficient (Wildman–Crippen LogP) is 7.03. The number of nitrogens with one attached hydrogen (secondary N) is 2. The molecule has 11 heteroatoms. The van der Waals surface area contributed by atoms with Crippen molar-refractivity contribution >= 4 is 34.1 Å². The Hall–Kier alpha value is -4.77. The van der Waals surface area contributed by atoms with Crippen LogP contribution in [-0.4, -0.2) is 55.0 Å². The van der Waals surface area contributed by atoms with Crippen molar-refractivity contribution in [2.75, 3.05) is 44.0 Å². The largest absolute Gasteiger partial charge is 0.493 e. The molecule has 1 unspecified atom stereocenters. The predicted molar refractivity (Wildman–Crippen MR) is 173 cm³/mol. The van der Waals surface area contributed by atoms with Gasteiger partial charge in [0.15, 0.2) is 23.1 Å². The van der Waals surface area contributed by atoms with Gasteiger partial charge < -0.3 is 29.7 Å². The number of halogens is 2. The first kappa shape index (κ1) is 32.6. The zero-order chi connectivity index (χ0) is 33.1. The number of amides is 2. The number of anilines is 2. The molecular weight excluding hydrogens is 594 g/mol. The lowest BCUT2D eigenvalue weighted by atomic mass is 9.93. The number of carbonyl (C=O) groups is 2.